The van der Waals surface area contributed by atoms with Crippen LogP contribution in [0.1, 0.15) is 56.9 Å². The molecular weight excluding hydrogens is 1200 g/mol. The smallest absolute Gasteiger partial charge is 0.333 e. The third-order valence-corrected chi connectivity index (χ3v) is 14.8. The van der Waals surface area contributed by atoms with Gasteiger partial charge in [0.05, 0.1) is 65.4 Å². The van der Waals surface area contributed by atoms with Crippen molar-refractivity contribution >= 4 is 106 Å². The van der Waals surface area contributed by atoms with E-state index in [1.54, 1.807) is 66.9 Å². The highest BCUT2D eigenvalue weighted by Crippen LogP contribution is 2.34. The van der Waals surface area contributed by atoms with Crippen molar-refractivity contribution in [2.45, 2.75) is 76.7 Å². The second-order valence-electron chi connectivity index (χ2n) is 18.5. The number of anilines is 3. The molecule has 10 N–H and O–H groups in total. The highest BCUT2D eigenvalue weighted by atomic mass is 79.9. The third-order valence-electron chi connectivity index (χ3n) is 12.4. The molecule has 0 unspecified atom stereocenters. The summed E-state index contributed by atoms with van der Waals surface area (Å²) < 4.78 is 53.6. The number of imidazole rings is 1. The lowest BCUT2D eigenvalue weighted by Crippen LogP contribution is -2.45. The highest BCUT2D eigenvalue weighted by molar-refractivity contribution is 9.14. The van der Waals surface area contributed by atoms with E-state index in [-0.39, 0.29) is 107 Å². The van der Waals surface area contributed by atoms with Crippen LogP contribution in [0.2, 0.25) is 0 Å². The Kier molecular flexibility index (Phi) is 24.6. The molecule has 2 aromatic carbocycles. The van der Waals surface area contributed by atoms with Crippen LogP contribution in [0.15, 0.2) is 70.2 Å². The number of ether oxygens (including phenoxy) is 4. The second kappa shape index (κ2) is 30.5. The maximum absolute atomic E-state index is 14.0. The number of Topliss-reactive ketones (excluding diaryl/α,β-unsaturated/α-hetero) is 1. The van der Waals surface area contributed by atoms with Crippen LogP contribution < -0.4 is 36.7 Å². The summed E-state index contributed by atoms with van der Waals surface area (Å²) in [5.41, 5.74) is 8.26. The van der Waals surface area contributed by atoms with Gasteiger partial charge >= 0.3 is 16.3 Å². The van der Waals surface area contributed by atoms with Gasteiger partial charge in [0.1, 0.15) is 27.3 Å². The number of carbonyl (C=O) groups excluding carboxylic acids is 6. The van der Waals surface area contributed by atoms with Gasteiger partial charge in [-0.05, 0) is 86.5 Å². The molecule has 0 bridgehead atoms. The average molecular weight is 1260 g/mol. The van der Waals surface area contributed by atoms with Crippen molar-refractivity contribution in [1.82, 2.24) is 30.1 Å². The number of amides is 6. The van der Waals surface area contributed by atoms with Crippen molar-refractivity contribution < 1.29 is 75.1 Å². The van der Waals surface area contributed by atoms with Crippen molar-refractivity contribution in [1.29, 1.82) is 0 Å². The summed E-state index contributed by atoms with van der Waals surface area (Å²) in [6.45, 7) is 4.27. The first-order valence-electron chi connectivity index (χ1n) is 24.8. The molecule has 434 valence electrons. The number of aliphatic hydroxyl groups is 2. The molecule has 6 amide bonds. The number of primary amides is 1. The van der Waals surface area contributed by atoms with Gasteiger partial charge < -0.3 is 63.6 Å². The van der Waals surface area contributed by atoms with Crippen LogP contribution in [0.5, 0.6) is 0 Å². The first-order valence-corrected chi connectivity index (χ1v) is 27.9. The van der Waals surface area contributed by atoms with E-state index >= 15 is 0 Å². The Bertz CT molecular complexity index is 3010. The zero-order valence-corrected chi connectivity index (χ0v) is 48.0. The van der Waals surface area contributed by atoms with Crippen molar-refractivity contribution in [2.24, 2.45) is 22.7 Å². The molecule has 0 spiro atoms. The number of aromatic nitrogens is 4. The van der Waals surface area contributed by atoms with Crippen LogP contribution in [0.3, 0.4) is 0 Å². The first-order chi connectivity index (χ1) is 37.6. The topological polar surface area (TPSA) is 361 Å². The van der Waals surface area contributed by atoms with E-state index in [1.807, 2.05) is 0 Å². The number of imide groups is 1. The van der Waals surface area contributed by atoms with Crippen LogP contribution in [0.4, 0.5) is 22.0 Å². The molecule has 2 aliphatic rings. The van der Waals surface area contributed by atoms with Gasteiger partial charge in [0.2, 0.25) is 30.2 Å². The van der Waals surface area contributed by atoms with Crippen LogP contribution in [0, 0.1) is 31.6 Å². The van der Waals surface area contributed by atoms with Crippen molar-refractivity contribution in [3.63, 3.8) is 0 Å². The Morgan fingerprint density at radius 3 is 2.24 bits per heavy atom. The first kappa shape index (κ1) is 64.5. The monoisotopic (exact) mass is 1260 g/mol. The minimum Gasteiger partial charge on any atom is -0.387 e. The number of ketones is 1. The molecule has 1 saturated heterocycles. The fourth-order valence-corrected chi connectivity index (χ4v) is 9.45. The van der Waals surface area contributed by atoms with Crippen LogP contribution in [-0.2, 0) is 64.0 Å². The van der Waals surface area contributed by atoms with E-state index in [2.05, 4.69) is 73.2 Å². The standard InChI is InChI=1S/C50H61Br2N11O15S.CH3/c1-4-30-7-5-9-34(23-30)58-44-41-46(63(28-56-41)49-43(67)42(66)36(78-49)26-77-79(54,72)73)61(27-57-44)25-31-10-12-33(13-11-31)59-45(68)32(8-6-15-55-50(53)71)24-35(64)40(29(2)3)60-37(65)14-17-74-19-21-76-22-20-75-18-16-62-47(69)38(51)39(52)48(62)70;/h1,5,7,9-13,23,27-29,32,36,40,42-43,49,66-67H,6,8,14-22,24-26H2,2-3H3,(H7,53,54,55,59,60,65,68,71,72,73);1H3/q;-1/p+1/t32-,36-,40+,42-,43-,49-;/m1./s1. The van der Waals surface area contributed by atoms with Gasteiger partial charge in [0.25, 0.3) is 17.5 Å². The molecule has 2 aromatic heterocycles. The van der Waals surface area contributed by atoms with Crippen LogP contribution in [-0.4, -0.2) is 157 Å². The molecule has 2 aliphatic heterocycles. The second-order valence-corrected chi connectivity index (χ2v) is 21.3. The van der Waals surface area contributed by atoms with E-state index in [0.29, 0.717) is 45.9 Å². The molecule has 0 radical (unpaired) electrons. The third kappa shape index (κ3) is 18.1. The summed E-state index contributed by atoms with van der Waals surface area (Å²) in [4.78, 5) is 86.7. The fourth-order valence-electron chi connectivity index (χ4n) is 8.36. The number of rotatable bonds is 31. The Labute approximate surface area is 479 Å². The van der Waals surface area contributed by atoms with E-state index in [4.69, 9.17) is 36.2 Å². The van der Waals surface area contributed by atoms with Gasteiger partial charge in [0.15, 0.2) is 17.6 Å². The zero-order valence-electron chi connectivity index (χ0n) is 44.0. The molecule has 0 aliphatic carbocycles. The number of urea groups is 1. The number of carbonyl (C=O) groups is 6. The lowest BCUT2D eigenvalue weighted by atomic mass is 9.89. The van der Waals surface area contributed by atoms with Crippen LogP contribution in [0.25, 0.3) is 11.2 Å². The minimum absolute atomic E-state index is 0. The van der Waals surface area contributed by atoms with Crippen molar-refractivity contribution in [3.8, 4) is 12.3 Å². The normalized spacial score (nSPS) is 18.0. The summed E-state index contributed by atoms with van der Waals surface area (Å²) in [6.07, 6.45) is 3.04. The summed E-state index contributed by atoms with van der Waals surface area (Å²) in [5.74, 6) is -0.487. The Morgan fingerprint density at radius 2 is 1.60 bits per heavy atom. The number of halogens is 2. The SMILES string of the molecule is C#Cc1cccc(Nc2nc[n+](Cc3ccc(NC(=O)[C@H](CCCNC(N)=O)CC(=O)[C@@H](NC(=O)CCOCCOCCOCCN4C(=O)C(Br)=C(Br)C4=O)C(C)C)cc3)c3c2ncn3[C@@H]2O[C@H](COS(N)(=O)=O)[C@@H](O)[C@H]2O)c1.[CH3-]. The van der Waals surface area contributed by atoms with Gasteiger partial charge in [-0.2, -0.15) is 8.42 Å². The van der Waals surface area contributed by atoms with Crippen molar-refractivity contribution in [2.75, 3.05) is 70.0 Å². The molecule has 4 heterocycles. The van der Waals surface area contributed by atoms with E-state index in [1.165, 1.54) is 17.2 Å². The highest BCUT2D eigenvalue weighted by Gasteiger charge is 2.47. The molecule has 1 fully saturated rings. The summed E-state index contributed by atoms with van der Waals surface area (Å²) in [6, 6.07) is 12.2. The molecule has 0 saturated carbocycles. The number of hydrogen-bond acceptors (Lipinski definition) is 18. The molecule has 29 heteroatoms. The maximum atomic E-state index is 14.0. The lowest BCUT2D eigenvalue weighted by molar-refractivity contribution is -0.668. The van der Waals surface area contributed by atoms with E-state index < -0.39 is 83.1 Å². The predicted molar refractivity (Wildman–Crippen MR) is 296 cm³/mol. The quantitative estimate of drug-likeness (QED) is 0.0117. The number of nitrogens with one attached hydrogen (secondary N) is 4. The van der Waals surface area contributed by atoms with E-state index in [0.717, 1.165) is 4.90 Å². The number of hydrogen-bond donors (Lipinski definition) is 8. The number of fused-ring (bicyclic) bond motifs is 1. The number of aliphatic hydroxyl groups excluding tert-OH is 2. The molecular formula is C51H65Br2N11O15S. The predicted octanol–water partition coefficient (Wildman–Crippen LogP) is 1.69. The summed E-state index contributed by atoms with van der Waals surface area (Å²) >= 11 is 6.15. The fraction of sp³-hybridized carbons (Fsp3) is 0.451. The Balaban J connectivity index is 0.0000118. The molecule has 26 nitrogen and oxygen atoms in total. The molecule has 80 heavy (non-hydrogen) atoms. The maximum Gasteiger partial charge on any atom is 0.333 e. The van der Waals surface area contributed by atoms with Gasteiger partial charge in [-0.3, -0.25) is 33.1 Å². The molecule has 6 rings (SSSR count). The number of nitrogens with zero attached hydrogens (tertiary/aromatic N) is 5. The van der Waals surface area contributed by atoms with Crippen molar-refractivity contribution in [3.05, 3.63) is 88.7 Å². The van der Waals surface area contributed by atoms with Gasteiger partial charge in [0, 0.05) is 42.2 Å². The summed E-state index contributed by atoms with van der Waals surface area (Å²) in [5, 5.41) is 38.4. The Morgan fingerprint density at radius 1 is 0.938 bits per heavy atom. The number of benzene rings is 2. The minimum atomic E-state index is -4.40. The average Bonchev–Trinajstić information content (AvgIpc) is 4.03. The molecule has 6 atom stereocenters. The number of terminal acetylenes is 1. The van der Waals surface area contributed by atoms with Gasteiger partial charge in [-0.15, -0.1) is 6.42 Å². The van der Waals surface area contributed by atoms with Gasteiger partial charge in [-0.25, -0.2) is 24.1 Å². The zero-order chi connectivity index (χ0) is 57.4. The van der Waals surface area contributed by atoms with Crippen LogP contribution >= 0.6 is 31.9 Å². The summed E-state index contributed by atoms with van der Waals surface area (Å²) in [7, 11) is -4.40. The molecule has 4 aromatic rings. The number of nitrogens with two attached hydrogens (primary N) is 2. The largest absolute Gasteiger partial charge is 0.387 e. The Hall–Kier alpha value is -6.30. The lowest BCUT2D eigenvalue weighted by Gasteiger charge is -2.24. The van der Waals surface area contributed by atoms with E-state index in [9.17, 15) is 47.4 Å². The van der Waals surface area contributed by atoms with Gasteiger partial charge in [-0.1, -0.05) is 43.0 Å².